The Bertz CT molecular complexity index is 970. The molecule has 0 radical (unpaired) electrons. The first-order chi connectivity index (χ1) is 13.8. The quantitative estimate of drug-likeness (QED) is 0.565. The Morgan fingerprint density at radius 3 is 2.69 bits per heavy atom. The molecule has 1 amide bonds. The van der Waals surface area contributed by atoms with Gasteiger partial charge in [-0.05, 0) is 30.5 Å². The number of aromatic amines is 1. The van der Waals surface area contributed by atoms with Crippen molar-refractivity contribution >= 4 is 29.1 Å². The minimum absolute atomic E-state index is 0.0816. The SMILES string of the molecule is O=C(Cc1c(Cl)cccc1Cl)NCCC[C@H]1O[C@@H](n2ccc(=O)[nH]c2=O)C[C@@H]1O. The van der Waals surface area contributed by atoms with Crippen molar-refractivity contribution < 1.29 is 14.6 Å². The third-order valence-electron chi connectivity index (χ3n) is 4.75. The number of aromatic nitrogens is 2. The van der Waals surface area contributed by atoms with Gasteiger partial charge in [0.2, 0.25) is 5.91 Å². The predicted molar refractivity (Wildman–Crippen MR) is 108 cm³/mol. The molecule has 29 heavy (non-hydrogen) atoms. The van der Waals surface area contributed by atoms with Crippen molar-refractivity contribution in [1.82, 2.24) is 14.9 Å². The number of nitrogens with one attached hydrogen (secondary N) is 2. The minimum atomic E-state index is -0.739. The van der Waals surface area contributed by atoms with Crippen LogP contribution in [-0.2, 0) is 16.0 Å². The molecule has 3 atom stereocenters. The lowest BCUT2D eigenvalue weighted by Crippen LogP contribution is -2.31. The number of ether oxygens (including phenoxy) is 1. The third kappa shape index (κ3) is 5.48. The molecule has 1 aromatic carbocycles. The number of carbonyl (C=O) groups excluding carboxylic acids is 1. The van der Waals surface area contributed by atoms with Gasteiger partial charge in [-0.15, -0.1) is 0 Å². The number of H-pyrrole nitrogens is 1. The molecule has 2 aromatic rings. The van der Waals surface area contributed by atoms with Gasteiger partial charge in [-0.2, -0.15) is 0 Å². The second kappa shape index (κ2) is 9.58. The standard InChI is InChI=1S/C19H21Cl2N3O5/c20-12-3-1-4-13(21)11(12)9-17(27)22-7-2-5-15-14(25)10-18(29-15)24-8-6-16(26)23-19(24)28/h1,3-4,6,8,14-15,18,25H,2,5,7,9-10H2,(H,22,27)(H,23,26,28)/t14-,15+,18+/m0/s1. The zero-order valence-electron chi connectivity index (χ0n) is 15.4. The monoisotopic (exact) mass is 441 g/mol. The first kappa shape index (κ1) is 21.6. The molecule has 1 saturated heterocycles. The van der Waals surface area contributed by atoms with E-state index in [1.54, 1.807) is 18.2 Å². The fraction of sp³-hybridized carbons (Fsp3) is 0.421. The van der Waals surface area contributed by atoms with Crippen molar-refractivity contribution in [2.45, 2.75) is 44.1 Å². The minimum Gasteiger partial charge on any atom is -0.390 e. The molecule has 1 aliphatic heterocycles. The number of nitrogens with zero attached hydrogens (tertiary/aromatic N) is 1. The first-order valence-electron chi connectivity index (χ1n) is 9.19. The van der Waals surface area contributed by atoms with Crippen molar-refractivity contribution in [3.05, 3.63) is 66.9 Å². The Morgan fingerprint density at radius 2 is 2.00 bits per heavy atom. The summed E-state index contributed by atoms with van der Waals surface area (Å²) in [7, 11) is 0. The van der Waals surface area contributed by atoms with Crippen molar-refractivity contribution in [2.75, 3.05) is 6.54 Å². The highest BCUT2D eigenvalue weighted by molar-refractivity contribution is 6.36. The summed E-state index contributed by atoms with van der Waals surface area (Å²) in [5.74, 6) is -0.203. The molecule has 1 aliphatic rings. The van der Waals surface area contributed by atoms with Crippen LogP contribution in [0.4, 0.5) is 0 Å². The summed E-state index contributed by atoms with van der Waals surface area (Å²) in [5.41, 5.74) is -0.493. The van der Waals surface area contributed by atoms with E-state index in [0.717, 1.165) is 0 Å². The van der Waals surface area contributed by atoms with Gasteiger partial charge in [-0.1, -0.05) is 29.3 Å². The third-order valence-corrected chi connectivity index (χ3v) is 5.46. The van der Waals surface area contributed by atoms with Crippen LogP contribution in [-0.4, -0.2) is 39.3 Å². The molecule has 0 saturated carbocycles. The van der Waals surface area contributed by atoms with Crippen LogP contribution >= 0.6 is 23.2 Å². The molecule has 10 heteroatoms. The highest BCUT2D eigenvalue weighted by Crippen LogP contribution is 2.29. The topological polar surface area (TPSA) is 113 Å². The Balaban J connectivity index is 1.45. The van der Waals surface area contributed by atoms with E-state index in [9.17, 15) is 19.5 Å². The Labute approximate surface area is 176 Å². The number of rotatable bonds is 7. The Hall–Kier alpha value is -2.13. The number of amides is 1. The lowest BCUT2D eigenvalue weighted by Gasteiger charge is -2.16. The maximum absolute atomic E-state index is 12.1. The molecule has 0 spiro atoms. The van der Waals surface area contributed by atoms with E-state index in [2.05, 4.69) is 10.3 Å². The van der Waals surface area contributed by atoms with E-state index in [1.165, 1.54) is 16.8 Å². The number of aliphatic hydroxyl groups excluding tert-OH is 1. The summed E-state index contributed by atoms with van der Waals surface area (Å²) in [6.45, 7) is 0.400. The number of carbonyl (C=O) groups is 1. The summed E-state index contributed by atoms with van der Waals surface area (Å²) >= 11 is 12.1. The lowest BCUT2D eigenvalue weighted by atomic mass is 10.1. The molecule has 8 nitrogen and oxygen atoms in total. The maximum Gasteiger partial charge on any atom is 0.330 e. The normalized spacial score (nSPS) is 21.3. The zero-order chi connectivity index (χ0) is 21.0. The molecular formula is C19H21Cl2N3O5. The van der Waals surface area contributed by atoms with Crippen LogP contribution in [0.25, 0.3) is 0 Å². The average Bonchev–Trinajstić information content (AvgIpc) is 3.02. The fourth-order valence-electron chi connectivity index (χ4n) is 3.26. The molecule has 1 aromatic heterocycles. The van der Waals surface area contributed by atoms with E-state index >= 15 is 0 Å². The molecular weight excluding hydrogens is 421 g/mol. The Kier molecular flexibility index (Phi) is 7.13. The molecule has 156 valence electrons. The number of hydrogen-bond donors (Lipinski definition) is 3. The van der Waals surface area contributed by atoms with Gasteiger partial charge in [0.15, 0.2) is 0 Å². The van der Waals surface area contributed by atoms with Gasteiger partial charge < -0.3 is 15.2 Å². The van der Waals surface area contributed by atoms with E-state index in [-0.39, 0.29) is 18.7 Å². The van der Waals surface area contributed by atoms with Crippen LogP contribution in [0.1, 0.15) is 31.1 Å². The highest BCUT2D eigenvalue weighted by Gasteiger charge is 2.34. The van der Waals surface area contributed by atoms with Gasteiger partial charge in [-0.25, -0.2) is 4.79 Å². The smallest absolute Gasteiger partial charge is 0.330 e. The molecule has 0 bridgehead atoms. The van der Waals surface area contributed by atoms with Crippen LogP contribution in [0.15, 0.2) is 40.1 Å². The van der Waals surface area contributed by atoms with Crippen molar-refractivity contribution in [1.29, 1.82) is 0 Å². The lowest BCUT2D eigenvalue weighted by molar-refractivity contribution is -0.120. The van der Waals surface area contributed by atoms with Crippen LogP contribution in [0.2, 0.25) is 10.0 Å². The average molecular weight is 442 g/mol. The summed E-state index contributed by atoms with van der Waals surface area (Å²) < 4.78 is 7.01. The van der Waals surface area contributed by atoms with Crippen LogP contribution in [0.3, 0.4) is 0 Å². The van der Waals surface area contributed by atoms with Gasteiger partial charge in [0.1, 0.15) is 6.23 Å². The molecule has 1 fully saturated rings. The van der Waals surface area contributed by atoms with Crippen LogP contribution in [0.5, 0.6) is 0 Å². The predicted octanol–water partition coefficient (Wildman–Crippen LogP) is 1.63. The van der Waals surface area contributed by atoms with Gasteiger partial charge in [0.25, 0.3) is 5.56 Å². The van der Waals surface area contributed by atoms with Crippen molar-refractivity contribution in [3.8, 4) is 0 Å². The number of hydrogen-bond acceptors (Lipinski definition) is 5. The second-order valence-electron chi connectivity index (χ2n) is 6.82. The second-order valence-corrected chi connectivity index (χ2v) is 7.63. The highest BCUT2D eigenvalue weighted by atomic mass is 35.5. The number of aliphatic hydroxyl groups is 1. The van der Waals surface area contributed by atoms with Gasteiger partial charge >= 0.3 is 5.69 Å². The zero-order valence-corrected chi connectivity index (χ0v) is 16.9. The Morgan fingerprint density at radius 1 is 1.28 bits per heavy atom. The van der Waals surface area contributed by atoms with Gasteiger partial charge in [0, 0.05) is 35.3 Å². The van der Waals surface area contributed by atoms with Crippen molar-refractivity contribution in [2.24, 2.45) is 0 Å². The van der Waals surface area contributed by atoms with E-state index in [1.807, 2.05) is 0 Å². The number of halogens is 2. The largest absolute Gasteiger partial charge is 0.390 e. The summed E-state index contributed by atoms with van der Waals surface area (Å²) in [4.78, 5) is 37.3. The van der Waals surface area contributed by atoms with Crippen molar-refractivity contribution in [3.63, 3.8) is 0 Å². The fourth-order valence-corrected chi connectivity index (χ4v) is 3.79. The van der Waals surface area contributed by atoms with Crippen LogP contribution in [0, 0.1) is 0 Å². The van der Waals surface area contributed by atoms with Gasteiger partial charge in [0.05, 0.1) is 18.6 Å². The molecule has 0 unspecified atom stereocenters. The summed E-state index contributed by atoms with van der Waals surface area (Å²) in [6, 6.07) is 6.30. The van der Waals surface area contributed by atoms with Crippen LogP contribution < -0.4 is 16.6 Å². The molecule has 0 aliphatic carbocycles. The van der Waals surface area contributed by atoms with E-state index in [4.69, 9.17) is 27.9 Å². The molecule has 2 heterocycles. The van der Waals surface area contributed by atoms with E-state index in [0.29, 0.717) is 35.0 Å². The van der Waals surface area contributed by atoms with E-state index < -0.39 is 29.7 Å². The summed E-state index contributed by atoms with van der Waals surface area (Å²) in [5, 5.41) is 13.9. The first-order valence-corrected chi connectivity index (χ1v) is 9.95. The molecule has 3 rings (SSSR count). The maximum atomic E-state index is 12.1. The summed E-state index contributed by atoms with van der Waals surface area (Å²) in [6.07, 6.45) is 0.911. The van der Waals surface area contributed by atoms with Gasteiger partial charge in [-0.3, -0.25) is 19.1 Å². The number of benzene rings is 1. The molecule has 3 N–H and O–H groups in total.